The third kappa shape index (κ3) is 3.85. The van der Waals surface area contributed by atoms with Gasteiger partial charge in [0.25, 0.3) is 0 Å². The largest absolute Gasteiger partial charge is 0.361 e. The zero-order chi connectivity index (χ0) is 16.9. The van der Waals surface area contributed by atoms with E-state index in [0.717, 1.165) is 44.1 Å². The van der Waals surface area contributed by atoms with E-state index in [-0.39, 0.29) is 0 Å². The van der Waals surface area contributed by atoms with E-state index in [4.69, 9.17) is 4.98 Å². The summed E-state index contributed by atoms with van der Waals surface area (Å²) in [6.07, 6.45) is 7.08. The number of nitrogens with zero attached hydrogens (tertiary/aromatic N) is 2. The lowest BCUT2D eigenvalue weighted by Crippen LogP contribution is -2.30. The Bertz CT molecular complexity index is 817. The summed E-state index contributed by atoms with van der Waals surface area (Å²) in [5.74, 6) is 1.13. The summed E-state index contributed by atoms with van der Waals surface area (Å²) in [6.45, 7) is 4.07. The number of para-hydroxylation sites is 1. The second-order valence-electron chi connectivity index (χ2n) is 6.82. The summed E-state index contributed by atoms with van der Waals surface area (Å²) in [5, 5.41) is 4.87. The first-order chi connectivity index (χ1) is 12.4. The van der Waals surface area contributed by atoms with Gasteiger partial charge in [-0.15, -0.1) is 0 Å². The molecule has 0 saturated carbocycles. The molecule has 1 aliphatic rings. The fourth-order valence-corrected chi connectivity index (χ4v) is 3.64. The van der Waals surface area contributed by atoms with Crippen LogP contribution in [-0.2, 0) is 13.0 Å². The van der Waals surface area contributed by atoms with Crippen molar-refractivity contribution in [2.24, 2.45) is 0 Å². The highest BCUT2D eigenvalue weighted by atomic mass is 15.2. The molecule has 1 saturated heterocycles. The van der Waals surface area contributed by atoms with Gasteiger partial charge in [0.05, 0.1) is 5.69 Å². The normalized spacial score (nSPS) is 15.0. The number of anilines is 1. The maximum absolute atomic E-state index is 4.84. The fourth-order valence-electron chi connectivity index (χ4n) is 3.64. The first kappa shape index (κ1) is 16.2. The number of fused-ring (bicyclic) bond motifs is 1. The SMILES string of the molecule is c1cc(CNCCc2c[nH]c3ccccc23)nc(N2CCCCC2)c1. The van der Waals surface area contributed by atoms with Gasteiger partial charge in [0.2, 0.25) is 0 Å². The predicted octanol–water partition coefficient (Wildman–Crippen LogP) is 3.89. The molecule has 0 radical (unpaired) electrons. The molecule has 4 heteroatoms. The van der Waals surface area contributed by atoms with Crippen LogP contribution >= 0.6 is 0 Å². The van der Waals surface area contributed by atoms with Crippen molar-refractivity contribution < 1.29 is 0 Å². The van der Waals surface area contributed by atoms with Crippen molar-refractivity contribution in [3.8, 4) is 0 Å². The Balaban J connectivity index is 1.31. The maximum Gasteiger partial charge on any atom is 0.128 e. The van der Waals surface area contributed by atoms with Crippen LogP contribution in [-0.4, -0.2) is 29.6 Å². The van der Waals surface area contributed by atoms with Gasteiger partial charge >= 0.3 is 0 Å². The summed E-state index contributed by atoms with van der Waals surface area (Å²) >= 11 is 0. The van der Waals surface area contributed by atoms with Crippen molar-refractivity contribution in [2.45, 2.75) is 32.2 Å². The third-order valence-electron chi connectivity index (χ3n) is 5.02. The lowest BCUT2D eigenvalue weighted by atomic mass is 10.1. The van der Waals surface area contributed by atoms with E-state index in [1.165, 1.54) is 35.7 Å². The standard InChI is InChI=1S/C21H26N4/c1-4-13-25(14-5-1)21-10-6-7-18(24-21)16-22-12-11-17-15-23-20-9-3-2-8-19(17)20/h2-3,6-10,15,22-23H,1,4-5,11-14,16H2. The number of nitrogens with one attached hydrogen (secondary N) is 2. The van der Waals surface area contributed by atoms with Crippen molar-refractivity contribution in [2.75, 3.05) is 24.5 Å². The van der Waals surface area contributed by atoms with E-state index in [0.29, 0.717) is 0 Å². The number of hydrogen-bond acceptors (Lipinski definition) is 3. The molecule has 2 aromatic heterocycles. The van der Waals surface area contributed by atoms with Crippen LogP contribution in [0.3, 0.4) is 0 Å². The van der Waals surface area contributed by atoms with Crippen molar-refractivity contribution in [1.29, 1.82) is 0 Å². The Kier molecular flexibility index (Phi) is 4.98. The zero-order valence-corrected chi connectivity index (χ0v) is 14.7. The summed E-state index contributed by atoms with van der Waals surface area (Å²) in [6, 6.07) is 14.9. The van der Waals surface area contributed by atoms with Crippen molar-refractivity contribution in [1.82, 2.24) is 15.3 Å². The predicted molar refractivity (Wildman–Crippen MR) is 104 cm³/mol. The van der Waals surface area contributed by atoms with Gasteiger partial charge in [0.15, 0.2) is 0 Å². The van der Waals surface area contributed by atoms with E-state index >= 15 is 0 Å². The van der Waals surface area contributed by atoms with Crippen LogP contribution in [0, 0.1) is 0 Å². The molecule has 0 amide bonds. The molecule has 1 aromatic carbocycles. The number of pyridine rings is 1. The first-order valence-electron chi connectivity index (χ1n) is 9.37. The molecule has 3 heterocycles. The average molecular weight is 334 g/mol. The van der Waals surface area contributed by atoms with Gasteiger partial charge in [-0.25, -0.2) is 4.98 Å². The monoisotopic (exact) mass is 334 g/mol. The molecule has 1 aliphatic heterocycles. The van der Waals surface area contributed by atoms with Crippen LogP contribution in [0.4, 0.5) is 5.82 Å². The quantitative estimate of drug-likeness (QED) is 0.672. The highest BCUT2D eigenvalue weighted by molar-refractivity contribution is 5.83. The van der Waals surface area contributed by atoms with Gasteiger partial charge in [-0.1, -0.05) is 24.3 Å². The maximum atomic E-state index is 4.84. The summed E-state index contributed by atoms with van der Waals surface area (Å²) < 4.78 is 0. The fraction of sp³-hybridized carbons (Fsp3) is 0.381. The van der Waals surface area contributed by atoms with Crippen molar-refractivity contribution >= 4 is 16.7 Å². The third-order valence-corrected chi connectivity index (χ3v) is 5.02. The topological polar surface area (TPSA) is 44.0 Å². The van der Waals surface area contributed by atoms with Crippen LogP contribution < -0.4 is 10.2 Å². The minimum absolute atomic E-state index is 0.823. The number of H-pyrrole nitrogens is 1. The molecule has 130 valence electrons. The highest BCUT2D eigenvalue weighted by Crippen LogP contribution is 2.19. The summed E-state index contributed by atoms with van der Waals surface area (Å²) in [7, 11) is 0. The van der Waals surface area contributed by atoms with Gasteiger partial charge in [-0.05, 0) is 56.0 Å². The Morgan fingerprint density at radius 3 is 2.80 bits per heavy atom. The lowest BCUT2D eigenvalue weighted by molar-refractivity contribution is 0.572. The zero-order valence-electron chi connectivity index (χ0n) is 14.7. The molecular weight excluding hydrogens is 308 g/mol. The molecule has 0 atom stereocenters. The number of benzene rings is 1. The second kappa shape index (κ2) is 7.70. The molecular formula is C21H26N4. The first-order valence-corrected chi connectivity index (χ1v) is 9.37. The van der Waals surface area contributed by atoms with Crippen LogP contribution in [0.5, 0.6) is 0 Å². The molecule has 4 rings (SSSR count). The van der Waals surface area contributed by atoms with Crippen LogP contribution in [0.2, 0.25) is 0 Å². The Morgan fingerprint density at radius 1 is 1.00 bits per heavy atom. The van der Waals surface area contributed by atoms with E-state index in [1.807, 2.05) is 0 Å². The average Bonchev–Trinajstić information content (AvgIpc) is 3.09. The number of hydrogen-bond donors (Lipinski definition) is 2. The molecule has 25 heavy (non-hydrogen) atoms. The molecule has 0 unspecified atom stereocenters. The van der Waals surface area contributed by atoms with E-state index in [9.17, 15) is 0 Å². The van der Waals surface area contributed by atoms with Crippen LogP contribution in [0.25, 0.3) is 10.9 Å². The van der Waals surface area contributed by atoms with Crippen LogP contribution in [0.1, 0.15) is 30.5 Å². The minimum Gasteiger partial charge on any atom is -0.361 e. The van der Waals surface area contributed by atoms with Crippen LogP contribution in [0.15, 0.2) is 48.7 Å². The van der Waals surface area contributed by atoms with Crippen molar-refractivity contribution in [3.05, 3.63) is 59.9 Å². The Hall–Kier alpha value is -2.33. The van der Waals surface area contributed by atoms with E-state index in [2.05, 4.69) is 63.9 Å². The van der Waals surface area contributed by atoms with E-state index in [1.54, 1.807) is 0 Å². The van der Waals surface area contributed by atoms with Gasteiger partial charge < -0.3 is 15.2 Å². The lowest BCUT2D eigenvalue weighted by Gasteiger charge is -2.28. The van der Waals surface area contributed by atoms with E-state index < -0.39 is 0 Å². The molecule has 0 bridgehead atoms. The number of aromatic amines is 1. The number of rotatable bonds is 6. The van der Waals surface area contributed by atoms with Gasteiger partial charge in [0, 0.05) is 36.7 Å². The van der Waals surface area contributed by atoms with Gasteiger partial charge in [-0.3, -0.25) is 0 Å². The smallest absolute Gasteiger partial charge is 0.128 e. The summed E-state index contributed by atoms with van der Waals surface area (Å²) in [5.41, 5.74) is 3.72. The van der Waals surface area contributed by atoms with Gasteiger partial charge in [0.1, 0.15) is 5.82 Å². The highest BCUT2D eigenvalue weighted by Gasteiger charge is 2.12. The Labute approximate surface area is 149 Å². The molecule has 1 fully saturated rings. The number of aromatic nitrogens is 2. The number of piperidine rings is 1. The summed E-state index contributed by atoms with van der Waals surface area (Å²) in [4.78, 5) is 10.6. The minimum atomic E-state index is 0.823. The Morgan fingerprint density at radius 2 is 1.88 bits per heavy atom. The second-order valence-corrected chi connectivity index (χ2v) is 6.82. The van der Waals surface area contributed by atoms with Gasteiger partial charge in [-0.2, -0.15) is 0 Å². The molecule has 4 nitrogen and oxygen atoms in total. The molecule has 2 N–H and O–H groups in total. The molecule has 3 aromatic rings. The molecule has 0 spiro atoms. The van der Waals surface area contributed by atoms with Crippen molar-refractivity contribution in [3.63, 3.8) is 0 Å². The molecule has 0 aliphatic carbocycles.